The van der Waals surface area contributed by atoms with Gasteiger partial charge in [0.05, 0.1) is 50.3 Å². The van der Waals surface area contributed by atoms with Crippen LogP contribution < -0.4 is 28.0 Å². The number of aliphatic imine (C=N–C) groups is 1. The highest BCUT2D eigenvalue weighted by Crippen LogP contribution is 2.39. The standard InChI is InChI=1S/C18H21FN2O2.C18H24N4O2.C13H15BFNO2.C13H18N4.C13H16N4.C12H18F3NO5S/c1-12-5-8-16(13-6-7-15(19)14(9-13)10-20)21(11-12)17(22)23-18(2,3)4;1-11-5-8-15(22(10-11)17(23)24-18(2,3)4)12-6-7-14-13(9-12)16(19)21-20-14;1-12(2)13(3,4)18-14(17-12)10-5-6-11(15)9(7-10)8-16;2*1-8-2-4-11(15-7-8)9-3-5-12-10(6-9)13(14)17-16-12;1-8-5-6-9(21-22(18,19)12(13,14)15)16(7-8)10(17)20-11(2,3)4/h6-9,12H,5,11H2,1-4H3;6-9,11H,5,10H2,1-4H3,(H3,19,20,21);5-7H,1-4H3;3,5-6,8,11,15H,2,4,7H2,1H3,(H3,14,16,17);3,5-6,8H,2,4,7H2,1H3,(H3,14,16,17);6,8H,5,7H2,1-4H3/t;;;8-,11+;;/m...1../s1. The van der Waals surface area contributed by atoms with Gasteiger partial charge < -0.3 is 50.2 Å². The molecule has 6 aliphatic heterocycles. The Kier molecular flexibility index (Phi) is 29.7. The van der Waals surface area contributed by atoms with Gasteiger partial charge in [-0.15, -0.1) is 0 Å². The molecule has 6 aliphatic rings. The van der Waals surface area contributed by atoms with E-state index in [1.807, 2.05) is 112 Å². The van der Waals surface area contributed by atoms with Gasteiger partial charge in [-0.1, -0.05) is 71.0 Å². The number of aromatic amines is 3. The molecule has 0 spiro atoms. The molecule has 2 saturated heterocycles. The van der Waals surface area contributed by atoms with E-state index in [0.717, 1.165) is 93.2 Å². The number of ether oxygens (including phenoxy) is 3. The fraction of sp³-hybridized carbons (Fsp3) is 0.483. The summed E-state index contributed by atoms with van der Waals surface area (Å²) in [5.74, 6) is 1.94. The van der Waals surface area contributed by atoms with Crippen LogP contribution in [0.3, 0.4) is 0 Å². The minimum Gasteiger partial charge on any atom is -0.443 e. The zero-order valence-corrected chi connectivity index (χ0v) is 72.8. The van der Waals surface area contributed by atoms with Crippen LogP contribution in [0.15, 0.2) is 120 Å². The summed E-state index contributed by atoms with van der Waals surface area (Å²) in [6.07, 6.45) is 10.2. The molecule has 121 heavy (non-hydrogen) atoms. The maximum atomic E-state index is 13.5. The Labute approximate surface area is 704 Å². The number of benzene rings is 5. The van der Waals surface area contributed by atoms with Gasteiger partial charge in [0.2, 0.25) is 5.88 Å². The van der Waals surface area contributed by atoms with Crippen LogP contribution in [-0.2, 0) is 37.8 Å². The predicted molar refractivity (Wildman–Crippen MR) is 459 cm³/mol. The van der Waals surface area contributed by atoms with E-state index in [4.69, 9.17) is 51.2 Å². The number of H-pyrrole nitrogens is 3. The van der Waals surface area contributed by atoms with Gasteiger partial charge in [-0.3, -0.25) is 30.1 Å². The molecule has 4 unspecified atom stereocenters. The van der Waals surface area contributed by atoms with Crippen LogP contribution in [-0.4, -0.2) is 151 Å². The number of fused-ring (bicyclic) bond motifs is 3. The van der Waals surface area contributed by atoms with Crippen molar-refractivity contribution in [3.05, 3.63) is 160 Å². The van der Waals surface area contributed by atoms with Crippen LogP contribution in [0.2, 0.25) is 0 Å². The average molecular weight is 1700 g/mol. The average Bonchev–Trinajstić information content (AvgIpc) is 0.885. The number of nitrogen functional groups attached to an aromatic ring is 3. The Balaban J connectivity index is 0.000000166. The van der Waals surface area contributed by atoms with Crippen molar-refractivity contribution in [2.75, 3.05) is 49.9 Å². The van der Waals surface area contributed by atoms with Crippen molar-refractivity contribution in [3.8, 4) is 12.1 Å². The van der Waals surface area contributed by atoms with Crippen molar-refractivity contribution in [1.29, 1.82) is 10.5 Å². The monoisotopic (exact) mass is 1690 g/mol. The van der Waals surface area contributed by atoms with E-state index in [2.05, 4.69) is 109 Å². The summed E-state index contributed by atoms with van der Waals surface area (Å²) < 4.78 is 118. The largest absolute Gasteiger partial charge is 0.534 e. The molecule has 0 radical (unpaired) electrons. The van der Waals surface area contributed by atoms with Crippen molar-refractivity contribution in [1.82, 2.24) is 50.6 Å². The number of rotatable bonds is 7. The molecule has 9 heterocycles. The first kappa shape index (κ1) is 93.8. The second-order valence-corrected chi connectivity index (χ2v) is 37.0. The third-order valence-corrected chi connectivity index (χ3v) is 21.7. The van der Waals surface area contributed by atoms with Crippen molar-refractivity contribution < 1.29 is 72.5 Å². The van der Waals surface area contributed by atoms with Crippen LogP contribution in [0.4, 0.5) is 53.8 Å². The van der Waals surface area contributed by atoms with Gasteiger partial charge in [-0.25, -0.2) is 28.1 Å². The van der Waals surface area contributed by atoms with Gasteiger partial charge in [-0.05, 0) is 272 Å². The first-order valence-corrected chi connectivity index (χ1v) is 41.7. The fourth-order valence-electron chi connectivity index (χ4n) is 13.5. The molecule has 0 aliphatic carbocycles. The molecule has 0 saturated carbocycles. The number of alkyl halides is 3. The molecule has 34 heteroatoms. The summed E-state index contributed by atoms with van der Waals surface area (Å²) in [4.78, 5) is 45.8. The Bertz CT molecular complexity index is 5370. The number of anilines is 3. The first-order chi connectivity index (χ1) is 56.4. The van der Waals surface area contributed by atoms with Crippen molar-refractivity contribution >= 4 is 108 Å². The Morgan fingerprint density at radius 3 is 1.42 bits per heavy atom. The molecule has 27 nitrogen and oxygen atoms in total. The highest BCUT2D eigenvalue weighted by molar-refractivity contribution is 7.87. The van der Waals surface area contributed by atoms with E-state index in [-0.39, 0.29) is 36.1 Å². The molecule has 650 valence electrons. The van der Waals surface area contributed by atoms with E-state index >= 15 is 0 Å². The summed E-state index contributed by atoms with van der Waals surface area (Å²) >= 11 is 0. The van der Waals surface area contributed by atoms with E-state index < -0.39 is 80.5 Å². The lowest BCUT2D eigenvalue weighted by molar-refractivity contribution is -0.0546. The topological polar surface area (TPSA) is 387 Å². The number of nitrogens with one attached hydrogen (secondary N) is 4. The summed E-state index contributed by atoms with van der Waals surface area (Å²) in [6.45, 7) is 37.3. The van der Waals surface area contributed by atoms with Crippen LogP contribution >= 0.6 is 0 Å². The number of aromatic nitrogens is 6. The molecule has 5 aromatic carbocycles. The quantitative estimate of drug-likeness (QED) is 0.0256. The van der Waals surface area contributed by atoms with Gasteiger partial charge in [0.1, 0.15) is 40.6 Å². The van der Waals surface area contributed by atoms with Crippen molar-refractivity contribution in [2.24, 2.45) is 34.6 Å². The maximum Gasteiger partial charge on any atom is 0.534 e. The minimum atomic E-state index is -5.84. The number of piperidine rings is 1. The van der Waals surface area contributed by atoms with Crippen LogP contribution in [0, 0.1) is 63.9 Å². The van der Waals surface area contributed by atoms with Crippen LogP contribution in [0.1, 0.15) is 209 Å². The second-order valence-electron chi connectivity index (χ2n) is 35.5. The number of allylic oxidation sites excluding steroid dienone is 3. The van der Waals surface area contributed by atoms with E-state index in [9.17, 15) is 44.8 Å². The molecule has 3 amide bonds. The van der Waals surface area contributed by atoms with Gasteiger partial charge in [-0.2, -0.15) is 47.4 Å². The normalized spacial score (nSPS) is 20.4. The van der Waals surface area contributed by atoms with E-state index in [0.29, 0.717) is 71.1 Å². The lowest BCUT2D eigenvalue weighted by Crippen LogP contribution is -2.42. The van der Waals surface area contributed by atoms with Crippen molar-refractivity contribution in [2.45, 2.75) is 209 Å². The summed E-state index contributed by atoms with van der Waals surface area (Å²) in [5, 5.41) is 45.1. The predicted octanol–water partition coefficient (Wildman–Crippen LogP) is 17.6. The lowest BCUT2D eigenvalue weighted by Gasteiger charge is -2.34. The third kappa shape index (κ3) is 24.8. The van der Waals surface area contributed by atoms with Crippen LogP contribution in [0.5, 0.6) is 0 Å². The molecule has 3 aromatic heterocycles. The molecule has 0 bridgehead atoms. The number of carbonyl (C=O) groups is 3. The minimum absolute atomic E-state index is 0.00205. The molecular weight excluding hydrogens is 1580 g/mol. The Morgan fingerprint density at radius 1 is 0.545 bits per heavy atom. The van der Waals surface area contributed by atoms with E-state index in [1.54, 1.807) is 49.6 Å². The fourth-order valence-corrected chi connectivity index (χ4v) is 14.0. The molecular formula is C87H112BF5N16O11S. The molecule has 8 aromatic rings. The molecule has 2 fully saturated rings. The maximum absolute atomic E-state index is 13.5. The zero-order valence-electron chi connectivity index (χ0n) is 72.0. The number of hydrogen-bond acceptors (Lipinski definition) is 21. The highest BCUT2D eigenvalue weighted by Gasteiger charge is 2.52. The number of hydrogen-bond donors (Lipinski definition) is 7. The lowest BCUT2D eigenvalue weighted by atomic mass is 9.78. The number of halogens is 5. The number of carbonyl (C=O) groups excluding carboxylic acids is 3. The van der Waals surface area contributed by atoms with E-state index in [1.165, 1.54) is 60.4 Å². The van der Waals surface area contributed by atoms with Crippen LogP contribution in [0.25, 0.3) is 44.1 Å². The zero-order chi connectivity index (χ0) is 89.2. The third-order valence-electron chi connectivity index (χ3n) is 20.8. The number of nitrogens with zero attached hydrogens (tertiary/aromatic N) is 9. The summed E-state index contributed by atoms with van der Waals surface area (Å²) in [5.41, 5.74) is 19.4. The SMILES string of the molecule is CC1(C)OB(c2ccc(F)c(C#N)c2)OC1(C)C.CC1CC=C(OS(=O)(=O)C(F)(F)F)N(C(=O)OC(C)(C)C)C1.CC1CC=C(c2ccc(F)c(C#N)c2)N(C(=O)OC(C)(C)C)C1.CC1CC=C(c2ccc3[nH]nc(N)c3c2)N(C(=O)OC(C)(C)C)C1.CC1CCC(c2ccc3[nH]nc(N)c3c2)=NC1.C[C@@H]1CC[C@@H](c2ccc3[nH]nc(N)c3c2)NC1. The van der Waals surface area contributed by atoms with Gasteiger partial charge in [0.15, 0.2) is 17.5 Å². The van der Waals surface area contributed by atoms with Crippen molar-refractivity contribution in [3.63, 3.8) is 0 Å². The van der Waals surface area contributed by atoms with Gasteiger partial charge in [0.25, 0.3) is 0 Å². The number of nitriles is 2. The number of amides is 3. The smallest absolute Gasteiger partial charge is 0.443 e. The molecule has 14 rings (SSSR count). The first-order valence-electron chi connectivity index (χ1n) is 40.3. The summed E-state index contributed by atoms with van der Waals surface area (Å²) in [6, 6.07) is 31.2. The number of nitrogens with two attached hydrogens (primary N) is 3. The highest BCUT2D eigenvalue weighted by atomic mass is 32.2. The molecule has 10 N–H and O–H groups in total. The summed E-state index contributed by atoms with van der Waals surface area (Å²) in [7, 11) is -6.41. The Hall–Kier alpha value is -11.1. The second kappa shape index (κ2) is 38.3. The molecule has 6 atom stereocenters. The Morgan fingerprint density at radius 2 is 0.967 bits per heavy atom. The van der Waals surface area contributed by atoms with Gasteiger partial charge in [0, 0.05) is 54.1 Å². The van der Waals surface area contributed by atoms with Gasteiger partial charge >= 0.3 is 41.0 Å².